The maximum Gasteiger partial charge on any atom is 0.242 e. The molecule has 21 heavy (non-hydrogen) atoms. The van der Waals surface area contributed by atoms with Gasteiger partial charge in [0, 0.05) is 22.5 Å². The fraction of sp³-hybridized carbons (Fsp3) is 0.286. The summed E-state index contributed by atoms with van der Waals surface area (Å²) in [5, 5.41) is 2.38. The maximum atomic E-state index is 12.6. The van der Waals surface area contributed by atoms with Crippen LogP contribution in [-0.4, -0.2) is 8.42 Å². The van der Waals surface area contributed by atoms with Crippen molar-refractivity contribution in [3.05, 3.63) is 50.7 Å². The van der Waals surface area contributed by atoms with Gasteiger partial charge in [-0.2, -0.15) is 0 Å². The summed E-state index contributed by atoms with van der Waals surface area (Å²) in [7, 11) is -3.61. The van der Waals surface area contributed by atoms with Crippen LogP contribution in [0.4, 0.5) is 0 Å². The first-order valence-electron chi connectivity index (χ1n) is 6.40. The highest BCUT2D eigenvalue weighted by molar-refractivity contribution is 7.89. The SMILES string of the molecule is Cc1csc(CN)c1S(=O)(=O)NC(C)c1cccc(Cl)c1. The van der Waals surface area contributed by atoms with E-state index in [4.69, 9.17) is 17.3 Å². The number of hydrogen-bond donors (Lipinski definition) is 2. The van der Waals surface area contributed by atoms with Crippen molar-refractivity contribution in [1.82, 2.24) is 4.72 Å². The van der Waals surface area contributed by atoms with Crippen molar-refractivity contribution in [1.29, 1.82) is 0 Å². The van der Waals surface area contributed by atoms with Gasteiger partial charge in [-0.1, -0.05) is 23.7 Å². The average Bonchev–Trinajstić information content (AvgIpc) is 2.80. The van der Waals surface area contributed by atoms with Crippen LogP contribution in [-0.2, 0) is 16.6 Å². The summed E-state index contributed by atoms with van der Waals surface area (Å²) in [5.74, 6) is 0. The molecule has 2 rings (SSSR count). The van der Waals surface area contributed by atoms with Crippen LogP contribution < -0.4 is 10.5 Å². The Morgan fingerprint density at radius 2 is 2.14 bits per heavy atom. The number of sulfonamides is 1. The van der Waals surface area contributed by atoms with E-state index in [1.54, 1.807) is 37.4 Å². The number of aryl methyl sites for hydroxylation is 1. The van der Waals surface area contributed by atoms with Gasteiger partial charge in [-0.15, -0.1) is 11.3 Å². The van der Waals surface area contributed by atoms with Gasteiger partial charge in [-0.25, -0.2) is 13.1 Å². The summed E-state index contributed by atoms with van der Waals surface area (Å²) in [6.07, 6.45) is 0. The number of halogens is 1. The lowest BCUT2D eigenvalue weighted by Crippen LogP contribution is -2.28. The Morgan fingerprint density at radius 3 is 2.76 bits per heavy atom. The van der Waals surface area contributed by atoms with Gasteiger partial charge < -0.3 is 5.73 Å². The molecule has 0 amide bonds. The second-order valence-electron chi connectivity index (χ2n) is 4.77. The molecule has 3 N–H and O–H groups in total. The molecule has 0 fully saturated rings. The standard InChI is InChI=1S/C14H17ClN2O2S2/c1-9-8-20-13(7-16)14(9)21(18,19)17-10(2)11-4-3-5-12(15)6-11/h3-6,8,10,17H,7,16H2,1-2H3. The lowest BCUT2D eigenvalue weighted by Gasteiger charge is -2.16. The van der Waals surface area contributed by atoms with Crippen molar-refractivity contribution in [3.63, 3.8) is 0 Å². The van der Waals surface area contributed by atoms with E-state index < -0.39 is 10.0 Å². The van der Waals surface area contributed by atoms with Gasteiger partial charge in [-0.05, 0) is 42.5 Å². The number of rotatable bonds is 5. The maximum absolute atomic E-state index is 12.6. The van der Waals surface area contributed by atoms with Gasteiger partial charge in [-0.3, -0.25) is 0 Å². The summed E-state index contributed by atoms with van der Waals surface area (Å²) >= 11 is 7.30. The molecule has 1 heterocycles. The van der Waals surface area contributed by atoms with Gasteiger partial charge in [0.2, 0.25) is 10.0 Å². The van der Waals surface area contributed by atoms with Gasteiger partial charge in [0.25, 0.3) is 0 Å². The summed E-state index contributed by atoms with van der Waals surface area (Å²) < 4.78 is 27.8. The van der Waals surface area contributed by atoms with E-state index in [1.165, 1.54) is 11.3 Å². The molecule has 1 aromatic carbocycles. The van der Waals surface area contributed by atoms with Crippen LogP contribution in [0.3, 0.4) is 0 Å². The molecule has 0 aliphatic rings. The highest BCUT2D eigenvalue weighted by atomic mass is 35.5. The molecule has 0 spiro atoms. The first-order chi connectivity index (χ1) is 9.85. The molecule has 0 radical (unpaired) electrons. The molecule has 0 saturated heterocycles. The van der Waals surface area contributed by atoms with Crippen molar-refractivity contribution in [2.45, 2.75) is 31.3 Å². The Bertz CT molecular complexity index is 741. The molecule has 7 heteroatoms. The van der Waals surface area contributed by atoms with E-state index in [0.717, 1.165) is 5.56 Å². The monoisotopic (exact) mass is 344 g/mol. The molecular weight excluding hydrogens is 328 g/mol. The van der Waals surface area contributed by atoms with Crippen molar-refractivity contribution in [3.8, 4) is 0 Å². The molecule has 114 valence electrons. The largest absolute Gasteiger partial charge is 0.326 e. The van der Waals surface area contributed by atoms with Crippen LogP contribution in [0.25, 0.3) is 0 Å². The molecule has 0 saturated carbocycles. The molecule has 0 bridgehead atoms. The summed E-state index contributed by atoms with van der Waals surface area (Å²) in [5.41, 5.74) is 7.15. The summed E-state index contributed by atoms with van der Waals surface area (Å²) in [6.45, 7) is 3.77. The minimum Gasteiger partial charge on any atom is -0.326 e. The van der Waals surface area contributed by atoms with Crippen molar-refractivity contribution in [2.75, 3.05) is 0 Å². The highest BCUT2D eigenvalue weighted by Gasteiger charge is 2.24. The van der Waals surface area contributed by atoms with Crippen LogP contribution in [0.5, 0.6) is 0 Å². The number of hydrogen-bond acceptors (Lipinski definition) is 4. The van der Waals surface area contributed by atoms with Gasteiger partial charge in [0.15, 0.2) is 0 Å². The van der Waals surface area contributed by atoms with Crippen LogP contribution >= 0.6 is 22.9 Å². The highest BCUT2D eigenvalue weighted by Crippen LogP contribution is 2.28. The number of thiophene rings is 1. The third kappa shape index (κ3) is 3.64. The van der Waals surface area contributed by atoms with E-state index in [2.05, 4.69) is 4.72 Å². The Labute approximate surface area is 134 Å². The van der Waals surface area contributed by atoms with E-state index in [-0.39, 0.29) is 12.6 Å². The van der Waals surface area contributed by atoms with E-state index in [0.29, 0.717) is 20.4 Å². The minimum absolute atomic E-state index is 0.209. The Hall–Kier alpha value is -0.920. The normalized spacial score (nSPS) is 13.3. The Kier molecular flexibility index (Phi) is 5.06. The van der Waals surface area contributed by atoms with E-state index in [9.17, 15) is 8.42 Å². The molecule has 1 unspecified atom stereocenters. The minimum atomic E-state index is -3.61. The first-order valence-corrected chi connectivity index (χ1v) is 9.14. The van der Waals surface area contributed by atoms with Crippen LogP contribution in [0, 0.1) is 6.92 Å². The van der Waals surface area contributed by atoms with Crippen molar-refractivity contribution in [2.24, 2.45) is 5.73 Å². The molecule has 1 atom stereocenters. The molecule has 0 aliphatic heterocycles. The molecular formula is C14H17ClN2O2S2. The lowest BCUT2D eigenvalue weighted by molar-refractivity contribution is 0.566. The molecule has 4 nitrogen and oxygen atoms in total. The Morgan fingerprint density at radius 1 is 1.43 bits per heavy atom. The van der Waals surface area contributed by atoms with Gasteiger partial charge in [0.1, 0.15) is 4.90 Å². The zero-order valence-corrected chi connectivity index (χ0v) is 14.1. The third-order valence-electron chi connectivity index (χ3n) is 3.12. The molecule has 0 aliphatic carbocycles. The predicted octanol–water partition coefficient (Wildman–Crippen LogP) is 3.21. The van der Waals surface area contributed by atoms with Crippen molar-refractivity contribution >= 4 is 33.0 Å². The second-order valence-corrected chi connectivity index (χ2v) is 7.82. The van der Waals surface area contributed by atoms with Crippen molar-refractivity contribution < 1.29 is 8.42 Å². The van der Waals surface area contributed by atoms with Crippen LogP contribution in [0.1, 0.15) is 29.0 Å². The second kappa shape index (κ2) is 6.46. The molecule has 2 aromatic rings. The number of benzene rings is 1. The number of nitrogens with one attached hydrogen (secondary N) is 1. The zero-order chi connectivity index (χ0) is 15.6. The predicted molar refractivity (Wildman–Crippen MR) is 87.1 cm³/mol. The van der Waals surface area contributed by atoms with Gasteiger partial charge >= 0.3 is 0 Å². The first kappa shape index (κ1) is 16.5. The fourth-order valence-corrected chi connectivity index (χ4v) is 5.26. The van der Waals surface area contributed by atoms with E-state index >= 15 is 0 Å². The summed E-state index contributed by atoms with van der Waals surface area (Å²) in [4.78, 5) is 0.960. The quantitative estimate of drug-likeness (QED) is 0.874. The fourth-order valence-electron chi connectivity index (χ4n) is 2.12. The molecule has 1 aromatic heterocycles. The third-order valence-corrected chi connectivity index (χ3v) is 6.38. The average molecular weight is 345 g/mol. The zero-order valence-electron chi connectivity index (χ0n) is 11.8. The lowest BCUT2D eigenvalue weighted by atomic mass is 10.1. The van der Waals surface area contributed by atoms with Crippen LogP contribution in [0.15, 0.2) is 34.5 Å². The van der Waals surface area contributed by atoms with Gasteiger partial charge in [0.05, 0.1) is 0 Å². The topological polar surface area (TPSA) is 72.2 Å². The smallest absolute Gasteiger partial charge is 0.242 e. The Balaban J connectivity index is 2.31. The summed E-state index contributed by atoms with van der Waals surface area (Å²) in [6, 6.07) is 6.76. The number of nitrogens with two attached hydrogens (primary N) is 1. The van der Waals surface area contributed by atoms with E-state index in [1.807, 2.05) is 6.07 Å². The van der Waals surface area contributed by atoms with Crippen LogP contribution in [0.2, 0.25) is 5.02 Å².